The van der Waals surface area contributed by atoms with Crippen molar-refractivity contribution in [2.75, 3.05) is 19.8 Å². The van der Waals surface area contributed by atoms with Gasteiger partial charge in [0, 0.05) is 24.6 Å². The van der Waals surface area contributed by atoms with Gasteiger partial charge in [-0.1, -0.05) is 30.3 Å². The van der Waals surface area contributed by atoms with Gasteiger partial charge in [0.25, 0.3) is 5.91 Å². The highest BCUT2D eigenvalue weighted by Crippen LogP contribution is 2.42. The Kier molecular flexibility index (Phi) is 4.31. The largest absolute Gasteiger partial charge is 0.326 e. The molecule has 1 saturated carbocycles. The molecule has 1 N–H and O–H groups in total. The molecular formula is C20H25N3O3. The first-order chi connectivity index (χ1) is 12.5. The van der Waals surface area contributed by atoms with E-state index in [-0.39, 0.29) is 29.6 Å². The van der Waals surface area contributed by atoms with E-state index < -0.39 is 5.54 Å². The molecule has 2 heterocycles. The number of nitrogens with zero attached hydrogens (tertiary/aromatic N) is 2. The number of Topliss-reactive ketones (excluding diaryl/α,β-unsaturated/α-hetero) is 1. The molecule has 6 nitrogen and oxygen atoms in total. The second-order valence-electron chi connectivity index (χ2n) is 7.90. The van der Waals surface area contributed by atoms with Crippen molar-refractivity contribution in [3.05, 3.63) is 35.9 Å². The summed E-state index contributed by atoms with van der Waals surface area (Å²) in [6, 6.07) is 9.12. The minimum atomic E-state index is -0.724. The van der Waals surface area contributed by atoms with Crippen molar-refractivity contribution < 1.29 is 14.4 Å². The fraction of sp³-hybridized carbons (Fsp3) is 0.550. The summed E-state index contributed by atoms with van der Waals surface area (Å²) in [5, 5.41) is 2.89. The van der Waals surface area contributed by atoms with E-state index in [1.807, 2.05) is 37.3 Å². The maximum Gasteiger partial charge on any atom is 0.326 e. The lowest BCUT2D eigenvalue weighted by molar-refractivity contribution is -0.133. The van der Waals surface area contributed by atoms with Gasteiger partial charge in [-0.15, -0.1) is 0 Å². The summed E-state index contributed by atoms with van der Waals surface area (Å²) in [5.41, 5.74) is 0.0406. The second kappa shape index (κ2) is 6.50. The number of hydrogen-bond donors (Lipinski definition) is 1. The Balaban J connectivity index is 1.33. The van der Waals surface area contributed by atoms with Gasteiger partial charge in [-0.3, -0.25) is 14.5 Å². The molecule has 2 aliphatic heterocycles. The molecule has 1 aliphatic carbocycles. The Labute approximate surface area is 153 Å². The fourth-order valence-electron chi connectivity index (χ4n) is 4.16. The predicted octanol–water partition coefficient (Wildman–Crippen LogP) is 2.26. The number of amides is 3. The zero-order valence-electron chi connectivity index (χ0n) is 15.1. The number of carbonyl (C=O) groups excluding carboxylic acids is 3. The lowest BCUT2D eigenvalue weighted by Gasteiger charge is -2.33. The first-order valence-corrected chi connectivity index (χ1v) is 9.45. The zero-order chi connectivity index (χ0) is 18.3. The minimum absolute atomic E-state index is 0.0217. The maximum atomic E-state index is 12.7. The molecule has 3 amide bonds. The molecule has 0 radical (unpaired) electrons. The molecule has 3 fully saturated rings. The number of hydrogen-bond acceptors (Lipinski definition) is 4. The van der Waals surface area contributed by atoms with Gasteiger partial charge in [0.05, 0.1) is 6.67 Å². The number of ketones is 1. The van der Waals surface area contributed by atoms with Crippen LogP contribution in [0, 0.1) is 11.8 Å². The van der Waals surface area contributed by atoms with Crippen molar-refractivity contribution in [1.82, 2.24) is 15.1 Å². The summed E-state index contributed by atoms with van der Waals surface area (Å²) in [6.45, 7) is 3.61. The SMILES string of the molecule is C[C@]1(C2CC2)NC(=O)N(CN2CCC(C(=O)c3ccccc3)CC2)C1=O. The first kappa shape index (κ1) is 17.2. The van der Waals surface area contributed by atoms with Crippen LogP contribution >= 0.6 is 0 Å². The van der Waals surface area contributed by atoms with Gasteiger partial charge < -0.3 is 5.32 Å². The van der Waals surface area contributed by atoms with Gasteiger partial charge in [-0.2, -0.15) is 0 Å². The number of carbonyl (C=O) groups is 3. The lowest BCUT2D eigenvalue weighted by Crippen LogP contribution is -2.48. The molecule has 138 valence electrons. The average Bonchev–Trinajstić information content (AvgIpc) is 3.49. The number of likely N-dealkylation sites (tertiary alicyclic amines) is 1. The van der Waals surface area contributed by atoms with Gasteiger partial charge >= 0.3 is 6.03 Å². The highest BCUT2D eigenvalue weighted by Gasteiger charge is 2.56. The fourth-order valence-corrected chi connectivity index (χ4v) is 4.16. The number of imide groups is 1. The highest BCUT2D eigenvalue weighted by atomic mass is 16.2. The molecule has 26 heavy (non-hydrogen) atoms. The minimum Gasteiger partial charge on any atom is -0.323 e. The average molecular weight is 355 g/mol. The van der Waals surface area contributed by atoms with Gasteiger partial charge in [-0.25, -0.2) is 9.69 Å². The van der Waals surface area contributed by atoms with Crippen molar-refractivity contribution in [2.24, 2.45) is 11.8 Å². The van der Waals surface area contributed by atoms with Crippen LogP contribution in [0.5, 0.6) is 0 Å². The van der Waals surface area contributed by atoms with Crippen molar-refractivity contribution in [2.45, 2.75) is 38.1 Å². The number of rotatable bonds is 5. The van der Waals surface area contributed by atoms with Crippen LogP contribution in [0.25, 0.3) is 0 Å². The van der Waals surface area contributed by atoms with E-state index in [9.17, 15) is 14.4 Å². The number of nitrogens with one attached hydrogen (secondary N) is 1. The smallest absolute Gasteiger partial charge is 0.323 e. The van der Waals surface area contributed by atoms with Crippen LogP contribution in [0.3, 0.4) is 0 Å². The molecule has 0 unspecified atom stereocenters. The molecule has 1 aromatic carbocycles. The molecular weight excluding hydrogens is 330 g/mol. The van der Waals surface area contributed by atoms with E-state index in [0.717, 1.165) is 44.3 Å². The molecule has 0 spiro atoms. The molecule has 2 saturated heterocycles. The topological polar surface area (TPSA) is 69.7 Å². The summed E-state index contributed by atoms with van der Waals surface area (Å²) in [5.74, 6) is 0.390. The first-order valence-electron chi connectivity index (χ1n) is 9.45. The summed E-state index contributed by atoms with van der Waals surface area (Å²) >= 11 is 0. The highest BCUT2D eigenvalue weighted by molar-refractivity contribution is 6.07. The molecule has 0 aromatic heterocycles. The van der Waals surface area contributed by atoms with E-state index in [1.165, 1.54) is 4.90 Å². The number of urea groups is 1. The van der Waals surface area contributed by atoms with E-state index in [2.05, 4.69) is 10.2 Å². The van der Waals surface area contributed by atoms with Crippen LogP contribution in [0.2, 0.25) is 0 Å². The van der Waals surface area contributed by atoms with E-state index >= 15 is 0 Å². The Hall–Kier alpha value is -2.21. The predicted molar refractivity (Wildman–Crippen MR) is 96.4 cm³/mol. The van der Waals surface area contributed by atoms with Gasteiger partial charge in [0.1, 0.15) is 5.54 Å². The van der Waals surface area contributed by atoms with Crippen LogP contribution in [0.4, 0.5) is 4.79 Å². The van der Waals surface area contributed by atoms with Gasteiger partial charge in [-0.05, 0) is 38.5 Å². The molecule has 6 heteroatoms. The number of piperidine rings is 1. The Morgan fingerprint density at radius 1 is 1.12 bits per heavy atom. The van der Waals surface area contributed by atoms with Crippen LogP contribution in [0.15, 0.2) is 30.3 Å². The van der Waals surface area contributed by atoms with Crippen LogP contribution in [-0.2, 0) is 4.79 Å². The monoisotopic (exact) mass is 355 g/mol. The number of benzene rings is 1. The standard InChI is InChI=1S/C20H25N3O3/c1-20(16-7-8-16)18(25)23(19(26)21-20)13-22-11-9-15(10-12-22)17(24)14-5-3-2-4-6-14/h2-6,15-16H,7-13H2,1H3,(H,21,26)/t20-/m1/s1. The summed E-state index contributed by atoms with van der Waals surface area (Å²) in [4.78, 5) is 41.0. The third-order valence-electron chi connectivity index (χ3n) is 6.05. The Bertz CT molecular complexity index is 723. The molecule has 3 aliphatic rings. The van der Waals surface area contributed by atoms with E-state index in [1.54, 1.807) is 0 Å². The third-order valence-corrected chi connectivity index (χ3v) is 6.05. The van der Waals surface area contributed by atoms with Gasteiger partial charge in [0.15, 0.2) is 5.78 Å². The molecule has 1 aromatic rings. The quantitative estimate of drug-likeness (QED) is 0.650. The Morgan fingerprint density at radius 2 is 1.77 bits per heavy atom. The van der Waals surface area contributed by atoms with Crippen molar-refractivity contribution in [1.29, 1.82) is 0 Å². The van der Waals surface area contributed by atoms with Crippen molar-refractivity contribution in [3.8, 4) is 0 Å². The lowest BCUT2D eigenvalue weighted by atomic mass is 9.89. The van der Waals surface area contributed by atoms with Crippen molar-refractivity contribution in [3.63, 3.8) is 0 Å². The van der Waals surface area contributed by atoms with E-state index in [4.69, 9.17) is 0 Å². The second-order valence-corrected chi connectivity index (χ2v) is 7.90. The zero-order valence-corrected chi connectivity index (χ0v) is 15.1. The molecule has 0 bridgehead atoms. The normalized spacial score (nSPS) is 27.7. The molecule has 1 atom stereocenters. The maximum absolute atomic E-state index is 12.7. The van der Waals surface area contributed by atoms with Crippen molar-refractivity contribution >= 4 is 17.7 Å². The third kappa shape index (κ3) is 3.03. The van der Waals surface area contributed by atoms with E-state index in [0.29, 0.717) is 6.67 Å². The van der Waals surface area contributed by atoms with Crippen LogP contribution in [0.1, 0.15) is 43.0 Å². The van der Waals surface area contributed by atoms with Crippen LogP contribution in [-0.4, -0.2) is 52.8 Å². The van der Waals surface area contributed by atoms with Crippen LogP contribution < -0.4 is 5.32 Å². The molecule has 4 rings (SSSR count). The summed E-state index contributed by atoms with van der Waals surface area (Å²) in [7, 11) is 0. The Morgan fingerprint density at radius 3 is 2.38 bits per heavy atom. The summed E-state index contributed by atoms with van der Waals surface area (Å²) in [6.07, 6.45) is 3.53. The summed E-state index contributed by atoms with van der Waals surface area (Å²) < 4.78 is 0. The van der Waals surface area contributed by atoms with Gasteiger partial charge in [0.2, 0.25) is 0 Å².